The van der Waals surface area contributed by atoms with Crippen LogP contribution >= 0.6 is 0 Å². The molecule has 0 saturated carbocycles. The first-order valence-corrected chi connectivity index (χ1v) is 18.9. The normalized spacial score (nSPS) is 21.0. The summed E-state index contributed by atoms with van der Waals surface area (Å²) in [6.07, 6.45) is 0.235. The van der Waals surface area contributed by atoms with Crippen LogP contribution in [0.3, 0.4) is 0 Å². The largest absolute Gasteiger partial charge is 0.530 e. The Morgan fingerprint density at radius 3 is 2.59 bits per heavy atom. The fraction of sp³-hybridized carbons (Fsp3) is 0.611. The van der Waals surface area contributed by atoms with Gasteiger partial charge < -0.3 is 48.9 Å². The van der Waals surface area contributed by atoms with Crippen molar-refractivity contribution in [1.82, 2.24) is 14.5 Å². The van der Waals surface area contributed by atoms with Crippen molar-refractivity contribution in [3.05, 3.63) is 54.1 Å². The zero-order valence-corrected chi connectivity index (χ0v) is 30.3. The van der Waals surface area contributed by atoms with Crippen molar-refractivity contribution in [1.29, 1.82) is 0 Å². The molecule has 0 aromatic heterocycles. The number of methoxy groups -OCH3 is 1. The van der Waals surface area contributed by atoms with Crippen molar-refractivity contribution >= 4 is 22.0 Å². The summed E-state index contributed by atoms with van der Waals surface area (Å²) in [7, 11) is -2.78. The van der Waals surface area contributed by atoms with E-state index in [0.29, 0.717) is 37.5 Å². The second-order valence-electron chi connectivity index (χ2n) is 14.2. The monoisotopic (exact) mass is 732 g/mol. The smallest absolute Gasteiger partial charge is 0.245 e. The number of rotatable bonds is 19. The van der Waals surface area contributed by atoms with Crippen LogP contribution in [0.25, 0.3) is 0 Å². The number of aliphatic hydroxyl groups excluding tert-OH is 1. The molecule has 0 radical (unpaired) electrons. The molecule has 2 aromatic carbocycles. The lowest BCUT2D eigenvalue weighted by atomic mass is 9.86. The van der Waals surface area contributed by atoms with Gasteiger partial charge in [-0.2, -0.15) is 4.31 Å². The molecule has 282 valence electrons. The molecule has 2 saturated heterocycles. The van der Waals surface area contributed by atoms with Gasteiger partial charge in [-0.3, -0.25) is 4.79 Å². The number of carbonyl (C=O) groups is 2. The molecule has 0 unspecified atom stereocenters. The van der Waals surface area contributed by atoms with Gasteiger partial charge >= 0.3 is 0 Å². The first kappa shape index (κ1) is 38.8. The van der Waals surface area contributed by atoms with Crippen LogP contribution < -0.4 is 19.9 Å². The number of hydrogen-bond acceptors (Lipinski definition) is 11. The molecular formula is C36H50N3O11S-. The molecule has 15 heteroatoms. The number of nitrogens with one attached hydrogen (secondary N) is 1. The molecule has 0 aliphatic carbocycles. The number of nitrogens with zero attached hydrogens (tertiary/aromatic N) is 2. The molecule has 5 rings (SSSR count). The van der Waals surface area contributed by atoms with Gasteiger partial charge in [-0.25, -0.2) is 8.42 Å². The lowest BCUT2D eigenvalue weighted by Crippen LogP contribution is -2.61. The highest BCUT2D eigenvalue weighted by Gasteiger charge is 2.47. The van der Waals surface area contributed by atoms with Gasteiger partial charge in [-0.15, -0.1) is 0 Å². The van der Waals surface area contributed by atoms with E-state index in [1.54, 1.807) is 0 Å². The SMILES string of the molecule is COCC(=O)NCCCCCC(C)(C)CN(C[C@@H](O)[C@H](Cc1ccccc1)N(C(=O)[O-])[C@H]1CO[C@H]2OCC[C@H]21)S(=O)(=O)c1ccc2c(c1)OCO2. The Bertz CT molecular complexity index is 1580. The second kappa shape index (κ2) is 17.4. The van der Waals surface area contributed by atoms with Gasteiger partial charge in [0.25, 0.3) is 0 Å². The van der Waals surface area contributed by atoms with Gasteiger partial charge in [0, 0.05) is 38.7 Å². The fourth-order valence-corrected chi connectivity index (χ4v) is 8.82. The van der Waals surface area contributed by atoms with Crippen LogP contribution in [0.5, 0.6) is 11.5 Å². The quantitative estimate of drug-likeness (QED) is 0.203. The molecule has 3 aliphatic heterocycles. The molecule has 2 fully saturated rings. The number of fused-ring (bicyclic) bond motifs is 2. The number of carboxylic acid groups (broad SMARTS) is 1. The van der Waals surface area contributed by atoms with Crippen molar-refractivity contribution in [2.24, 2.45) is 11.3 Å². The van der Waals surface area contributed by atoms with Gasteiger partial charge in [0.15, 0.2) is 17.8 Å². The Morgan fingerprint density at radius 1 is 1.08 bits per heavy atom. The van der Waals surface area contributed by atoms with Crippen molar-refractivity contribution in [3.8, 4) is 11.5 Å². The minimum Gasteiger partial charge on any atom is -0.530 e. The first-order valence-electron chi connectivity index (χ1n) is 17.5. The summed E-state index contributed by atoms with van der Waals surface area (Å²) >= 11 is 0. The van der Waals surface area contributed by atoms with Crippen molar-refractivity contribution in [2.75, 3.05) is 53.4 Å². The molecule has 14 nitrogen and oxygen atoms in total. The van der Waals surface area contributed by atoms with Crippen LogP contribution in [-0.4, -0.2) is 113 Å². The van der Waals surface area contributed by atoms with Gasteiger partial charge in [-0.05, 0) is 48.8 Å². The number of benzene rings is 2. The number of sulfonamides is 1. The standard InChI is InChI=1S/C36H51N3O11S/c1-36(2,15-8-5-9-16-37-33(41)22-46-3)23-38(51(44,45)26-12-13-31-32(19-26)50-24-49-31)20-30(40)28(18-25-10-6-4-7-11-25)39(35(42)43)29-21-48-34-27(29)14-17-47-34/h4,6-7,10-13,19,27-30,34,40H,5,8-9,14-18,20-24H2,1-3H3,(H,37,41)(H,42,43)/p-1/t27-,28-,29-,30+,34+/m0/s1. The molecule has 2 amide bonds. The average molecular weight is 733 g/mol. The summed E-state index contributed by atoms with van der Waals surface area (Å²) < 4.78 is 57.3. The van der Waals surface area contributed by atoms with E-state index < -0.39 is 46.0 Å². The molecule has 2 N–H and O–H groups in total. The van der Waals surface area contributed by atoms with E-state index in [0.717, 1.165) is 29.7 Å². The molecule has 51 heavy (non-hydrogen) atoms. The number of hydrogen-bond donors (Lipinski definition) is 2. The lowest BCUT2D eigenvalue weighted by Gasteiger charge is -2.43. The molecule has 5 atom stereocenters. The van der Waals surface area contributed by atoms with E-state index >= 15 is 0 Å². The van der Waals surface area contributed by atoms with Crippen molar-refractivity contribution in [3.63, 3.8) is 0 Å². The van der Waals surface area contributed by atoms with Crippen LogP contribution in [0.15, 0.2) is 53.4 Å². The summed E-state index contributed by atoms with van der Waals surface area (Å²) in [5.74, 6) is 0.308. The number of unbranched alkanes of at least 4 members (excludes halogenated alkanes) is 2. The predicted octanol–water partition coefficient (Wildman–Crippen LogP) is 2.13. The first-order chi connectivity index (χ1) is 24.4. The molecule has 2 aromatic rings. The second-order valence-corrected chi connectivity index (χ2v) is 16.1. The van der Waals surface area contributed by atoms with Gasteiger partial charge in [0.1, 0.15) is 12.7 Å². The third-order valence-electron chi connectivity index (χ3n) is 9.77. The van der Waals surface area contributed by atoms with Crippen molar-refractivity contribution in [2.45, 2.75) is 81.7 Å². The minimum absolute atomic E-state index is 0.00342. The van der Waals surface area contributed by atoms with Crippen LogP contribution in [0.2, 0.25) is 0 Å². The van der Waals surface area contributed by atoms with Crippen molar-refractivity contribution < 1.29 is 51.9 Å². The third-order valence-corrected chi connectivity index (χ3v) is 11.6. The van der Waals surface area contributed by atoms with E-state index in [9.17, 15) is 28.2 Å². The summed E-state index contributed by atoms with van der Waals surface area (Å²) in [4.78, 5) is 25.7. The zero-order valence-electron chi connectivity index (χ0n) is 29.5. The van der Waals surface area contributed by atoms with Crippen LogP contribution in [0.1, 0.15) is 51.5 Å². The van der Waals surface area contributed by atoms with Gasteiger partial charge in [0.05, 0.1) is 36.3 Å². The predicted molar refractivity (Wildman–Crippen MR) is 183 cm³/mol. The maximum atomic E-state index is 14.5. The minimum atomic E-state index is -4.24. The molecular weight excluding hydrogens is 682 g/mol. The van der Waals surface area contributed by atoms with Crippen LogP contribution in [0.4, 0.5) is 4.79 Å². The van der Waals surface area contributed by atoms with E-state index in [4.69, 9.17) is 23.7 Å². The van der Waals surface area contributed by atoms with Gasteiger partial charge in [-0.1, -0.05) is 57.0 Å². The third kappa shape index (κ3) is 9.90. The fourth-order valence-electron chi connectivity index (χ4n) is 7.16. The van der Waals surface area contributed by atoms with E-state index in [1.807, 2.05) is 44.2 Å². The molecule has 0 bridgehead atoms. The highest BCUT2D eigenvalue weighted by atomic mass is 32.2. The highest BCUT2D eigenvalue weighted by Crippen LogP contribution is 2.38. The average Bonchev–Trinajstić information content (AvgIpc) is 3.85. The number of amides is 2. The zero-order chi connectivity index (χ0) is 36.6. The summed E-state index contributed by atoms with van der Waals surface area (Å²) in [6, 6.07) is 11.9. The summed E-state index contributed by atoms with van der Waals surface area (Å²) in [5.41, 5.74) is 0.230. The van der Waals surface area contributed by atoms with E-state index in [-0.39, 0.29) is 56.2 Å². The van der Waals surface area contributed by atoms with Crippen LogP contribution in [-0.2, 0) is 35.4 Å². The maximum Gasteiger partial charge on any atom is 0.245 e. The molecule has 3 heterocycles. The molecule has 0 spiro atoms. The molecule has 3 aliphatic rings. The van der Waals surface area contributed by atoms with E-state index in [1.165, 1.54) is 29.6 Å². The topological polar surface area (TPSA) is 176 Å². The lowest BCUT2D eigenvalue weighted by molar-refractivity contribution is -0.273. The Balaban J connectivity index is 1.39. The highest BCUT2D eigenvalue weighted by molar-refractivity contribution is 7.89. The Kier molecular flexibility index (Phi) is 13.2. The Hall–Kier alpha value is -3.47. The summed E-state index contributed by atoms with van der Waals surface area (Å²) in [5, 5.41) is 27.8. The maximum absolute atomic E-state index is 14.5. The van der Waals surface area contributed by atoms with Crippen LogP contribution in [0, 0.1) is 11.3 Å². The Morgan fingerprint density at radius 2 is 1.84 bits per heavy atom. The number of ether oxygens (including phenoxy) is 5. The van der Waals surface area contributed by atoms with Gasteiger partial charge in [0.2, 0.25) is 22.7 Å². The number of carbonyl (C=O) groups excluding carboxylic acids is 2. The number of aliphatic hydroxyl groups is 1. The summed E-state index contributed by atoms with van der Waals surface area (Å²) in [6.45, 7) is 4.58. The Labute approximate surface area is 300 Å². The van der Waals surface area contributed by atoms with E-state index in [2.05, 4.69) is 5.32 Å².